The number of nitrogens with one attached hydrogen (secondary N) is 1. The minimum atomic E-state index is -0.657. The summed E-state index contributed by atoms with van der Waals surface area (Å²) in [6, 6.07) is 17.6. The third kappa shape index (κ3) is 2.11. The number of carbonyl (C=O) groups excluding carboxylic acids is 1. The molecule has 0 aromatic heterocycles. The van der Waals surface area contributed by atoms with Crippen molar-refractivity contribution in [2.45, 2.75) is 19.4 Å². The van der Waals surface area contributed by atoms with Crippen LogP contribution in [0, 0.1) is 6.92 Å². The van der Waals surface area contributed by atoms with Crippen LogP contribution in [0.5, 0.6) is 0 Å². The van der Waals surface area contributed by atoms with Crippen LogP contribution in [0.15, 0.2) is 60.3 Å². The molecule has 1 amide bonds. The SMILES string of the molecule is Cc1ccc(C2(C)NC(=O)C(c3ccccc3)=C2N)cc1. The first-order valence-electron chi connectivity index (χ1n) is 6.97. The Kier molecular flexibility index (Phi) is 3.05. The van der Waals surface area contributed by atoms with Crippen LogP contribution in [0.4, 0.5) is 0 Å². The Bertz CT molecular complexity index is 717. The van der Waals surface area contributed by atoms with Crippen molar-refractivity contribution in [2.75, 3.05) is 0 Å². The third-order valence-electron chi connectivity index (χ3n) is 4.09. The Morgan fingerprint density at radius 1 is 1.00 bits per heavy atom. The lowest BCUT2D eigenvalue weighted by Gasteiger charge is -2.26. The van der Waals surface area contributed by atoms with Crippen molar-refractivity contribution in [2.24, 2.45) is 5.73 Å². The quantitative estimate of drug-likeness (QED) is 0.887. The zero-order chi connectivity index (χ0) is 15.0. The number of hydrogen-bond acceptors (Lipinski definition) is 2. The van der Waals surface area contributed by atoms with Crippen molar-refractivity contribution in [3.05, 3.63) is 77.0 Å². The molecule has 106 valence electrons. The average Bonchev–Trinajstić information content (AvgIpc) is 2.71. The Morgan fingerprint density at radius 2 is 1.62 bits per heavy atom. The van der Waals surface area contributed by atoms with Gasteiger partial charge in [-0.15, -0.1) is 0 Å². The van der Waals surface area contributed by atoms with Gasteiger partial charge in [-0.2, -0.15) is 0 Å². The molecule has 2 aromatic carbocycles. The van der Waals surface area contributed by atoms with Gasteiger partial charge in [0.15, 0.2) is 0 Å². The average molecular weight is 278 g/mol. The minimum absolute atomic E-state index is 0.123. The van der Waals surface area contributed by atoms with Gasteiger partial charge in [-0.3, -0.25) is 4.79 Å². The Balaban J connectivity index is 2.12. The molecule has 1 unspecified atom stereocenters. The van der Waals surface area contributed by atoms with Gasteiger partial charge in [-0.05, 0) is 25.0 Å². The van der Waals surface area contributed by atoms with Crippen LogP contribution >= 0.6 is 0 Å². The summed E-state index contributed by atoms with van der Waals surface area (Å²) in [4.78, 5) is 12.4. The predicted molar refractivity (Wildman–Crippen MR) is 84.2 cm³/mol. The van der Waals surface area contributed by atoms with Crippen LogP contribution in [0.25, 0.3) is 5.57 Å². The molecule has 1 atom stereocenters. The smallest absolute Gasteiger partial charge is 0.254 e. The molecule has 21 heavy (non-hydrogen) atoms. The van der Waals surface area contributed by atoms with Crippen molar-refractivity contribution >= 4 is 11.5 Å². The van der Waals surface area contributed by atoms with Gasteiger partial charge in [-0.25, -0.2) is 0 Å². The van der Waals surface area contributed by atoms with Crippen LogP contribution in [-0.2, 0) is 10.3 Å². The van der Waals surface area contributed by atoms with Gasteiger partial charge in [-0.1, -0.05) is 60.2 Å². The van der Waals surface area contributed by atoms with E-state index in [1.807, 2.05) is 68.4 Å². The first-order chi connectivity index (χ1) is 10.0. The van der Waals surface area contributed by atoms with Crippen LogP contribution in [0.2, 0.25) is 0 Å². The largest absolute Gasteiger partial charge is 0.399 e. The zero-order valence-corrected chi connectivity index (χ0v) is 12.2. The lowest BCUT2D eigenvalue weighted by molar-refractivity contribution is -0.116. The van der Waals surface area contributed by atoms with Gasteiger partial charge in [0.25, 0.3) is 5.91 Å². The standard InChI is InChI=1S/C18H18N2O/c1-12-8-10-14(11-9-12)18(2)16(19)15(17(21)20-18)13-6-4-3-5-7-13/h3-11H,19H2,1-2H3,(H,20,21). The van der Waals surface area contributed by atoms with E-state index in [0.717, 1.165) is 11.1 Å². The summed E-state index contributed by atoms with van der Waals surface area (Å²) < 4.78 is 0. The van der Waals surface area contributed by atoms with E-state index in [4.69, 9.17) is 5.73 Å². The number of carbonyl (C=O) groups is 1. The van der Waals surface area contributed by atoms with E-state index in [0.29, 0.717) is 11.3 Å². The second-order valence-corrected chi connectivity index (χ2v) is 5.60. The van der Waals surface area contributed by atoms with Gasteiger partial charge >= 0.3 is 0 Å². The summed E-state index contributed by atoms with van der Waals surface area (Å²) in [5.74, 6) is -0.123. The number of hydrogen-bond donors (Lipinski definition) is 2. The lowest BCUT2D eigenvalue weighted by atomic mass is 9.88. The maximum Gasteiger partial charge on any atom is 0.254 e. The van der Waals surface area contributed by atoms with Crippen LogP contribution in [-0.4, -0.2) is 5.91 Å². The zero-order valence-electron chi connectivity index (χ0n) is 12.2. The molecule has 0 fully saturated rings. The predicted octanol–water partition coefficient (Wildman–Crippen LogP) is 2.71. The summed E-state index contributed by atoms with van der Waals surface area (Å²) in [6.07, 6.45) is 0. The fourth-order valence-electron chi connectivity index (χ4n) is 2.74. The van der Waals surface area contributed by atoms with Gasteiger partial charge in [0.2, 0.25) is 0 Å². The highest BCUT2D eigenvalue weighted by molar-refractivity contribution is 6.23. The second-order valence-electron chi connectivity index (χ2n) is 5.60. The van der Waals surface area contributed by atoms with E-state index < -0.39 is 5.54 Å². The highest BCUT2D eigenvalue weighted by Crippen LogP contribution is 2.37. The number of nitrogens with two attached hydrogens (primary N) is 1. The lowest BCUT2D eigenvalue weighted by Crippen LogP contribution is -2.40. The Labute approximate surface area is 124 Å². The summed E-state index contributed by atoms with van der Waals surface area (Å²) >= 11 is 0. The molecular formula is C18H18N2O. The molecule has 1 aliphatic rings. The van der Waals surface area contributed by atoms with E-state index in [1.165, 1.54) is 5.56 Å². The number of benzene rings is 2. The summed E-state index contributed by atoms with van der Waals surface area (Å²) in [5.41, 5.74) is 9.85. The van der Waals surface area contributed by atoms with Crippen LogP contribution < -0.4 is 11.1 Å². The Hall–Kier alpha value is -2.55. The van der Waals surface area contributed by atoms with E-state index in [1.54, 1.807) is 0 Å². The van der Waals surface area contributed by atoms with Crippen LogP contribution in [0.1, 0.15) is 23.6 Å². The van der Waals surface area contributed by atoms with Gasteiger partial charge < -0.3 is 11.1 Å². The van der Waals surface area contributed by atoms with Gasteiger partial charge in [0.1, 0.15) is 5.54 Å². The van der Waals surface area contributed by atoms with Gasteiger partial charge in [0, 0.05) is 0 Å². The van der Waals surface area contributed by atoms with Crippen molar-refractivity contribution in [3.63, 3.8) is 0 Å². The number of aryl methyl sites for hydroxylation is 1. The second kappa shape index (κ2) is 4.77. The van der Waals surface area contributed by atoms with Gasteiger partial charge in [0.05, 0.1) is 11.3 Å². The molecule has 0 spiro atoms. The first-order valence-corrected chi connectivity index (χ1v) is 6.97. The molecule has 0 radical (unpaired) electrons. The molecule has 3 nitrogen and oxygen atoms in total. The number of rotatable bonds is 2. The molecule has 3 heteroatoms. The van der Waals surface area contributed by atoms with E-state index in [2.05, 4.69) is 5.32 Å². The summed E-state index contributed by atoms with van der Waals surface area (Å²) in [5, 5.41) is 3.03. The summed E-state index contributed by atoms with van der Waals surface area (Å²) in [6.45, 7) is 3.98. The minimum Gasteiger partial charge on any atom is -0.399 e. The van der Waals surface area contributed by atoms with Crippen molar-refractivity contribution < 1.29 is 4.79 Å². The van der Waals surface area contributed by atoms with Crippen molar-refractivity contribution in [1.29, 1.82) is 0 Å². The molecule has 0 bridgehead atoms. The molecule has 1 heterocycles. The van der Waals surface area contributed by atoms with Crippen molar-refractivity contribution in [1.82, 2.24) is 5.32 Å². The molecular weight excluding hydrogens is 260 g/mol. The first kappa shape index (κ1) is 13.4. The molecule has 2 aromatic rings. The monoisotopic (exact) mass is 278 g/mol. The third-order valence-corrected chi connectivity index (χ3v) is 4.09. The molecule has 0 saturated heterocycles. The highest BCUT2D eigenvalue weighted by Gasteiger charge is 2.41. The van der Waals surface area contributed by atoms with Crippen molar-refractivity contribution in [3.8, 4) is 0 Å². The molecule has 0 aliphatic carbocycles. The molecule has 0 saturated carbocycles. The highest BCUT2D eigenvalue weighted by atomic mass is 16.2. The Morgan fingerprint density at radius 3 is 2.24 bits per heavy atom. The normalized spacial score (nSPS) is 21.5. The number of amides is 1. The van der Waals surface area contributed by atoms with E-state index >= 15 is 0 Å². The fraction of sp³-hybridized carbons (Fsp3) is 0.167. The molecule has 3 N–H and O–H groups in total. The molecule has 1 aliphatic heterocycles. The van der Waals surface area contributed by atoms with E-state index in [-0.39, 0.29) is 5.91 Å². The maximum absolute atomic E-state index is 12.4. The molecule has 3 rings (SSSR count). The van der Waals surface area contributed by atoms with Crippen LogP contribution in [0.3, 0.4) is 0 Å². The summed E-state index contributed by atoms with van der Waals surface area (Å²) in [7, 11) is 0. The van der Waals surface area contributed by atoms with E-state index in [9.17, 15) is 4.79 Å². The fourth-order valence-corrected chi connectivity index (χ4v) is 2.74. The topological polar surface area (TPSA) is 55.1 Å². The maximum atomic E-state index is 12.4.